The van der Waals surface area contributed by atoms with Crippen LogP contribution in [-0.4, -0.2) is 41.8 Å². The van der Waals surface area contributed by atoms with Gasteiger partial charge in [-0.1, -0.05) is 0 Å². The summed E-state index contributed by atoms with van der Waals surface area (Å²) in [5.74, 6) is -0.248. The van der Waals surface area contributed by atoms with E-state index >= 15 is 0 Å². The van der Waals surface area contributed by atoms with Crippen molar-refractivity contribution in [1.29, 1.82) is 0 Å². The van der Waals surface area contributed by atoms with Gasteiger partial charge in [-0.25, -0.2) is 4.98 Å². The summed E-state index contributed by atoms with van der Waals surface area (Å²) in [5.41, 5.74) is 1.08. The molecule has 0 saturated heterocycles. The highest BCUT2D eigenvalue weighted by Crippen LogP contribution is 2.27. The average molecular weight is 334 g/mol. The lowest BCUT2D eigenvalue weighted by molar-refractivity contribution is -0.116. The van der Waals surface area contributed by atoms with Gasteiger partial charge in [0.15, 0.2) is 10.9 Å². The van der Waals surface area contributed by atoms with Crippen LogP contribution in [0.1, 0.15) is 27.5 Å². The number of furan rings is 1. The highest BCUT2D eigenvalue weighted by Gasteiger charge is 2.19. The first kappa shape index (κ1) is 15.7. The van der Waals surface area contributed by atoms with Gasteiger partial charge < -0.3 is 20.0 Å². The zero-order valence-electron chi connectivity index (χ0n) is 12.8. The third-order valence-electron chi connectivity index (χ3n) is 3.55. The molecule has 0 spiro atoms. The van der Waals surface area contributed by atoms with E-state index in [1.54, 1.807) is 12.1 Å². The van der Waals surface area contributed by atoms with Crippen molar-refractivity contribution < 1.29 is 14.0 Å². The van der Waals surface area contributed by atoms with Crippen LogP contribution in [0, 0.1) is 0 Å². The molecule has 0 unspecified atom stereocenters. The van der Waals surface area contributed by atoms with Gasteiger partial charge in [0.2, 0.25) is 5.91 Å². The number of nitrogens with zero attached hydrogens (tertiary/aromatic N) is 2. The van der Waals surface area contributed by atoms with E-state index in [2.05, 4.69) is 27.6 Å². The van der Waals surface area contributed by atoms with E-state index in [9.17, 15) is 9.59 Å². The standard InChI is InChI=1S/C15H18N4O3S/c1-19-7-5-10-12(9-19)23-15(17-10)18-13(20)4-6-16-14(21)11-3-2-8-22-11/h2-3,8H,4-7,9H2,1H3,(H,16,21)(H,17,18,20). The summed E-state index contributed by atoms with van der Waals surface area (Å²) >= 11 is 1.52. The summed E-state index contributed by atoms with van der Waals surface area (Å²) in [7, 11) is 2.07. The molecule has 3 rings (SSSR count). The fourth-order valence-electron chi connectivity index (χ4n) is 2.34. The minimum Gasteiger partial charge on any atom is -0.459 e. The van der Waals surface area contributed by atoms with Crippen LogP contribution in [0.5, 0.6) is 0 Å². The van der Waals surface area contributed by atoms with E-state index in [1.165, 1.54) is 22.5 Å². The minimum absolute atomic E-state index is 0.163. The van der Waals surface area contributed by atoms with E-state index in [0.29, 0.717) is 5.13 Å². The minimum atomic E-state index is -0.324. The second kappa shape index (κ2) is 6.93. The highest BCUT2D eigenvalue weighted by atomic mass is 32.1. The predicted molar refractivity (Wildman–Crippen MR) is 86.4 cm³/mol. The molecule has 0 fully saturated rings. The molecule has 1 aliphatic rings. The van der Waals surface area contributed by atoms with Crippen LogP contribution in [0.2, 0.25) is 0 Å². The number of hydrogen-bond donors (Lipinski definition) is 2. The topological polar surface area (TPSA) is 87.5 Å². The number of thiazole rings is 1. The maximum absolute atomic E-state index is 11.9. The van der Waals surface area contributed by atoms with Crippen molar-refractivity contribution in [3.8, 4) is 0 Å². The second-order valence-electron chi connectivity index (χ2n) is 5.41. The molecular formula is C15H18N4O3S. The van der Waals surface area contributed by atoms with Gasteiger partial charge in [0.1, 0.15) is 0 Å². The Morgan fingerprint density at radius 3 is 3.13 bits per heavy atom. The van der Waals surface area contributed by atoms with E-state index in [1.807, 2.05) is 0 Å². The molecular weight excluding hydrogens is 316 g/mol. The van der Waals surface area contributed by atoms with Crippen LogP contribution < -0.4 is 10.6 Å². The zero-order valence-corrected chi connectivity index (χ0v) is 13.6. The number of nitrogens with one attached hydrogen (secondary N) is 2. The van der Waals surface area contributed by atoms with E-state index in [4.69, 9.17) is 4.42 Å². The Labute approximate surface area is 137 Å². The smallest absolute Gasteiger partial charge is 0.286 e. The van der Waals surface area contributed by atoms with Crippen LogP contribution in [-0.2, 0) is 17.8 Å². The van der Waals surface area contributed by atoms with Gasteiger partial charge in [0.05, 0.1) is 12.0 Å². The molecule has 0 atom stereocenters. The fraction of sp³-hybridized carbons (Fsp3) is 0.400. The Kier molecular flexibility index (Phi) is 4.73. The lowest BCUT2D eigenvalue weighted by Crippen LogP contribution is -2.27. The number of rotatable bonds is 5. The molecule has 3 heterocycles. The van der Waals surface area contributed by atoms with Crippen molar-refractivity contribution in [3.05, 3.63) is 34.7 Å². The third kappa shape index (κ3) is 3.96. The van der Waals surface area contributed by atoms with Crippen molar-refractivity contribution >= 4 is 28.3 Å². The number of likely N-dealkylation sites (N-methyl/N-ethyl adjacent to an activating group) is 1. The van der Waals surface area contributed by atoms with Crippen LogP contribution in [0.25, 0.3) is 0 Å². The lowest BCUT2D eigenvalue weighted by atomic mass is 10.2. The molecule has 2 aromatic rings. The third-order valence-corrected chi connectivity index (χ3v) is 4.55. The molecule has 1 aliphatic heterocycles. The molecule has 0 radical (unpaired) electrons. The lowest BCUT2D eigenvalue weighted by Gasteiger charge is -2.20. The number of hydrogen-bond acceptors (Lipinski definition) is 6. The molecule has 0 saturated carbocycles. The summed E-state index contributed by atoms with van der Waals surface area (Å²) in [6.45, 7) is 2.12. The second-order valence-corrected chi connectivity index (χ2v) is 6.49. The molecule has 0 aromatic carbocycles. The molecule has 122 valence electrons. The number of carbonyl (C=O) groups excluding carboxylic acids is 2. The molecule has 0 bridgehead atoms. The molecule has 2 amide bonds. The number of anilines is 1. The van der Waals surface area contributed by atoms with Crippen LogP contribution in [0.4, 0.5) is 5.13 Å². The Balaban J connectivity index is 1.45. The molecule has 2 aromatic heterocycles. The number of aromatic nitrogens is 1. The first-order chi connectivity index (χ1) is 11.1. The molecule has 7 nitrogen and oxygen atoms in total. The summed E-state index contributed by atoms with van der Waals surface area (Å²) in [6.07, 6.45) is 2.54. The first-order valence-corrected chi connectivity index (χ1v) is 8.22. The number of fused-ring (bicyclic) bond motifs is 1. The Hall–Kier alpha value is -2.19. The summed E-state index contributed by atoms with van der Waals surface area (Å²) in [6, 6.07) is 3.22. The van der Waals surface area contributed by atoms with Gasteiger partial charge in [0, 0.05) is 37.4 Å². The maximum atomic E-state index is 11.9. The Morgan fingerprint density at radius 1 is 1.48 bits per heavy atom. The average Bonchev–Trinajstić information content (AvgIpc) is 3.15. The van der Waals surface area contributed by atoms with E-state index in [0.717, 1.165) is 25.2 Å². The van der Waals surface area contributed by atoms with Gasteiger partial charge in [0.25, 0.3) is 5.91 Å². The summed E-state index contributed by atoms with van der Waals surface area (Å²) in [5, 5.41) is 6.07. The van der Waals surface area contributed by atoms with Crippen LogP contribution in [0.3, 0.4) is 0 Å². The van der Waals surface area contributed by atoms with Crippen molar-refractivity contribution in [2.45, 2.75) is 19.4 Å². The Bertz CT molecular complexity index is 696. The number of amides is 2. The Morgan fingerprint density at radius 2 is 2.35 bits per heavy atom. The van der Waals surface area contributed by atoms with Gasteiger partial charge in [-0.15, -0.1) is 11.3 Å². The molecule has 8 heteroatoms. The predicted octanol–water partition coefficient (Wildman–Crippen LogP) is 1.48. The van der Waals surface area contributed by atoms with E-state index < -0.39 is 0 Å². The maximum Gasteiger partial charge on any atom is 0.286 e. The quantitative estimate of drug-likeness (QED) is 0.865. The van der Waals surface area contributed by atoms with Gasteiger partial charge in [-0.05, 0) is 19.2 Å². The normalized spacial score (nSPS) is 14.3. The fourth-order valence-corrected chi connectivity index (χ4v) is 3.45. The largest absolute Gasteiger partial charge is 0.459 e. The van der Waals surface area contributed by atoms with Crippen molar-refractivity contribution in [3.63, 3.8) is 0 Å². The van der Waals surface area contributed by atoms with Gasteiger partial charge in [-0.2, -0.15) is 0 Å². The monoisotopic (exact) mass is 334 g/mol. The summed E-state index contributed by atoms with van der Waals surface area (Å²) < 4.78 is 4.98. The molecule has 2 N–H and O–H groups in total. The van der Waals surface area contributed by atoms with Gasteiger partial charge >= 0.3 is 0 Å². The van der Waals surface area contributed by atoms with Gasteiger partial charge in [-0.3, -0.25) is 9.59 Å². The van der Waals surface area contributed by atoms with Crippen LogP contribution >= 0.6 is 11.3 Å². The van der Waals surface area contributed by atoms with Crippen molar-refractivity contribution in [1.82, 2.24) is 15.2 Å². The van der Waals surface area contributed by atoms with Crippen molar-refractivity contribution in [2.75, 3.05) is 25.5 Å². The molecule has 23 heavy (non-hydrogen) atoms. The number of carbonyl (C=O) groups is 2. The summed E-state index contributed by atoms with van der Waals surface area (Å²) in [4.78, 5) is 31.5. The molecule has 0 aliphatic carbocycles. The van der Waals surface area contributed by atoms with E-state index in [-0.39, 0.29) is 30.5 Å². The first-order valence-electron chi connectivity index (χ1n) is 7.40. The SMILES string of the molecule is CN1CCc2nc(NC(=O)CCNC(=O)c3ccco3)sc2C1. The van der Waals surface area contributed by atoms with Crippen LogP contribution in [0.15, 0.2) is 22.8 Å². The highest BCUT2D eigenvalue weighted by molar-refractivity contribution is 7.15. The zero-order chi connectivity index (χ0) is 16.2. The van der Waals surface area contributed by atoms with Crippen molar-refractivity contribution in [2.24, 2.45) is 0 Å².